The van der Waals surface area contributed by atoms with Gasteiger partial charge in [0.05, 0.1) is 4.88 Å². The second-order valence-electron chi connectivity index (χ2n) is 4.76. The van der Waals surface area contributed by atoms with E-state index in [4.69, 9.17) is 0 Å². The first kappa shape index (κ1) is 11.5. The first-order chi connectivity index (χ1) is 8.66. The first-order valence-electron chi connectivity index (χ1n) is 6.13. The Balaban J connectivity index is 2.13. The Morgan fingerprint density at radius 3 is 3.06 bits per heavy atom. The van der Waals surface area contributed by atoms with Crippen LogP contribution in [0.4, 0.5) is 0 Å². The van der Waals surface area contributed by atoms with Gasteiger partial charge in [-0.25, -0.2) is 9.89 Å². The van der Waals surface area contributed by atoms with Crippen molar-refractivity contribution in [3.8, 4) is 10.7 Å². The Hall–Kier alpha value is -1.62. The lowest BCUT2D eigenvalue weighted by molar-refractivity contribution is 0.586. The first-order valence-corrected chi connectivity index (χ1v) is 6.95. The Bertz CT molecular complexity index is 660. The van der Waals surface area contributed by atoms with E-state index in [1.165, 1.54) is 10.4 Å². The van der Waals surface area contributed by atoms with Crippen LogP contribution in [0.25, 0.3) is 16.8 Å². The van der Waals surface area contributed by atoms with E-state index >= 15 is 0 Å². The van der Waals surface area contributed by atoms with E-state index in [-0.39, 0.29) is 11.7 Å². The minimum Gasteiger partial charge on any atom is -0.272 e. The smallest absolute Gasteiger partial charge is 0.272 e. The number of allylic oxidation sites excluding steroid dienone is 1. The lowest BCUT2D eigenvalue weighted by Gasteiger charge is -2.06. The van der Waals surface area contributed by atoms with Crippen LogP contribution in [0.3, 0.4) is 0 Å². The minimum atomic E-state index is -0.137. The molecule has 1 aliphatic rings. The molecular weight excluding hydrogens is 246 g/mol. The summed E-state index contributed by atoms with van der Waals surface area (Å²) in [5.74, 6) is 0.753. The van der Waals surface area contributed by atoms with Gasteiger partial charge >= 0.3 is 5.69 Å². The molecule has 2 aromatic rings. The quantitative estimate of drug-likeness (QED) is 0.903. The molecule has 0 spiro atoms. The Morgan fingerprint density at radius 1 is 1.50 bits per heavy atom. The van der Waals surface area contributed by atoms with E-state index < -0.39 is 0 Å². The molecule has 2 aromatic heterocycles. The summed E-state index contributed by atoms with van der Waals surface area (Å²) >= 11 is 1.70. The lowest BCUT2D eigenvalue weighted by atomic mass is 10.1. The molecule has 0 aliphatic heterocycles. The van der Waals surface area contributed by atoms with Crippen LogP contribution < -0.4 is 5.69 Å². The van der Waals surface area contributed by atoms with E-state index in [0.717, 1.165) is 23.5 Å². The SMILES string of the molecule is CC(C)n1c(-c2cc3c(s2)C=CCC3)n[nH]c1=O. The maximum Gasteiger partial charge on any atom is 0.343 e. The number of fused-ring (bicyclic) bond motifs is 1. The summed E-state index contributed by atoms with van der Waals surface area (Å²) in [6.07, 6.45) is 6.54. The van der Waals surface area contributed by atoms with Gasteiger partial charge in [-0.3, -0.25) is 4.57 Å². The number of aromatic nitrogens is 3. The van der Waals surface area contributed by atoms with Gasteiger partial charge in [-0.15, -0.1) is 11.3 Å². The zero-order valence-corrected chi connectivity index (χ0v) is 11.3. The van der Waals surface area contributed by atoms with E-state index in [1.54, 1.807) is 15.9 Å². The second kappa shape index (κ2) is 4.24. The van der Waals surface area contributed by atoms with Crippen molar-refractivity contribution >= 4 is 17.4 Å². The number of nitrogens with one attached hydrogen (secondary N) is 1. The third-order valence-corrected chi connectivity index (χ3v) is 4.27. The van der Waals surface area contributed by atoms with E-state index in [9.17, 15) is 4.79 Å². The Labute approximate surface area is 109 Å². The van der Waals surface area contributed by atoms with Crippen LogP contribution in [-0.2, 0) is 6.42 Å². The van der Waals surface area contributed by atoms with Gasteiger partial charge in [0.1, 0.15) is 0 Å². The third-order valence-electron chi connectivity index (χ3n) is 3.13. The Kier molecular flexibility index (Phi) is 2.70. The van der Waals surface area contributed by atoms with E-state index in [0.29, 0.717) is 0 Å². The summed E-state index contributed by atoms with van der Waals surface area (Å²) in [5.41, 5.74) is 1.23. The van der Waals surface area contributed by atoms with Gasteiger partial charge in [0.25, 0.3) is 0 Å². The van der Waals surface area contributed by atoms with Crippen molar-refractivity contribution in [1.29, 1.82) is 0 Å². The molecule has 1 aliphatic carbocycles. The number of thiophene rings is 1. The number of hydrogen-bond acceptors (Lipinski definition) is 3. The van der Waals surface area contributed by atoms with Crippen LogP contribution >= 0.6 is 11.3 Å². The molecule has 0 bridgehead atoms. The standard InChI is InChI=1S/C13H15N3OS/c1-8(2)16-12(14-15-13(16)17)11-7-9-5-3-4-6-10(9)18-11/h4,6-8H,3,5H2,1-2H3,(H,15,17). The van der Waals surface area contributed by atoms with Gasteiger partial charge < -0.3 is 0 Å². The fraction of sp³-hybridized carbons (Fsp3) is 0.385. The molecule has 0 unspecified atom stereocenters. The average molecular weight is 261 g/mol. The number of hydrogen-bond donors (Lipinski definition) is 1. The van der Waals surface area contributed by atoms with Crippen molar-refractivity contribution in [1.82, 2.24) is 14.8 Å². The summed E-state index contributed by atoms with van der Waals surface area (Å²) < 4.78 is 1.71. The molecule has 0 radical (unpaired) electrons. The lowest BCUT2D eigenvalue weighted by Crippen LogP contribution is -2.19. The highest BCUT2D eigenvalue weighted by molar-refractivity contribution is 7.16. The highest BCUT2D eigenvalue weighted by Crippen LogP contribution is 2.34. The predicted molar refractivity (Wildman–Crippen MR) is 73.9 cm³/mol. The van der Waals surface area contributed by atoms with Crippen LogP contribution in [0, 0.1) is 0 Å². The predicted octanol–water partition coefficient (Wildman–Crippen LogP) is 2.84. The number of H-pyrrole nitrogens is 1. The zero-order valence-electron chi connectivity index (χ0n) is 10.4. The van der Waals surface area contributed by atoms with Gasteiger partial charge in [0.2, 0.25) is 0 Å². The highest BCUT2D eigenvalue weighted by Gasteiger charge is 2.17. The molecule has 1 N–H and O–H groups in total. The van der Waals surface area contributed by atoms with Crippen molar-refractivity contribution in [2.75, 3.05) is 0 Å². The molecule has 0 saturated heterocycles. The maximum atomic E-state index is 11.7. The molecule has 0 fully saturated rings. The van der Waals surface area contributed by atoms with Crippen molar-refractivity contribution in [2.45, 2.75) is 32.7 Å². The molecule has 0 amide bonds. The fourth-order valence-corrected chi connectivity index (χ4v) is 3.41. The number of nitrogens with zero attached hydrogens (tertiary/aromatic N) is 2. The van der Waals surface area contributed by atoms with E-state index in [1.807, 2.05) is 13.8 Å². The average Bonchev–Trinajstić information content (AvgIpc) is 2.91. The fourth-order valence-electron chi connectivity index (χ4n) is 2.28. The van der Waals surface area contributed by atoms with E-state index in [2.05, 4.69) is 28.4 Å². The van der Waals surface area contributed by atoms with Crippen LogP contribution in [0.2, 0.25) is 0 Å². The summed E-state index contributed by atoms with van der Waals surface area (Å²) in [7, 11) is 0. The van der Waals surface area contributed by atoms with Gasteiger partial charge in [-0.1, -0.05) is 6.08 Å². The van der Waals surface area contributed by atoms with Crippen molar-refractivity contribution in [2.24, 2.45) is 0 Å². The molecule has 94 valence electrons. The summed E-state index contributed by atoms with van der Waals surface area (Å²) in [6, 6.07) is 2.28. The van der Waals surface area contributed by atoms with Crippen LogP contribution in [0.5, 0.6) is 0 Å². The highest BCUT2D eigenvalue weighted by atomic mass is 32.1. The third kappa shape index (κ3) is 1.75. The summed E-state index contributed by atoms with van der Waals surface area (Å²) in [6.45, 7) is 3.99. The largest absolute Gasteiger partial charge is 0.343 e. The Morgan fingerprint density at radius 2 is 2.33 bits per heavy atom. The monoisotopic (exact) mass is 261 g/mol. The van der Waals surface area contributed by atoms with Gasteiger partial charge in [-0.2, -0.15) is 5.10 Å². The molecule has 0 saturated carbocycles. The molecule has 0 aromatic carbocycles. The number of aromatic amines is 1. The molecule has 18 heavy (non-hydrogen) atoms. The molecule has 4 nitrogen and oxygen atoms in total. The van der Waals surface area contributed by atoms with Crippen molar-refractivity contribution < 1.29 is 0 Å². The van der Waals surface area contributed by atoms with Gasteiger partial charge in [0, 0.05) is 10.9 Å². The normalized spacial score (nSPS) is 14.2. The van der Waals surface area contributed by atoms with Gasteiger partial charge in [-0.05, 0) is 44.4 Å². The molecule has 0 atom stereocenters. The van der Waals surface area contributed by atoms with Crippen molar-refractivity contribution in [3.63, 3.8) is 0 Å². The number of aryl methyl sites for hydroxylation is 1. The van der Waals surface area contributed by atoms with Gasteiger partial charge in [0.15, 0.2) is 5.82 Å². The maximum absolute atomic E-state index is 11.7. The topological polar surface area (TPSA) is 50.7 Å². The minimum absolute atomic E-state index is 0.112. The molecular formula is C13H15N3OS. The van der Waals surface area contributed by atoms with Crippen LogP contribution in [0.15, 0.2) is 16.9 Å². The molecule has 2 heterocycles. The summed E-state index contributed by atoms with van der Waals surface area (Å²) in [5, 5.41) is 6.71. The summed E-state index contributed by atoms with van der Waals surface area (Å²) in [4.78, 5) is 14.1. The molecule has 5 heteroatoms. The van der Waals surface area contributed by atoms with Crippen LogP contribution in [0.1, 0.15) is 36.8 Å². The molecule has 3 rings (SSSR count). The zero-order chi connectivity index (χ0) is 12.7. The van der Waals surface area contributed by atoms with Crippen molar-refractivity contribution in [3.05, 3.63) is 33.1 Å². The van der Waals surface area contributed by atoms with Crippen LogP contribution in [-0.4, -0.2) is 14.8 Å². The second-order valence-corrected chi connectivity index (χ2v) is 5.84. The number of rotatable bonds is 2.